The first-order valence-electron chi connectivity index (χ1n) is 9.22. The molecule has 1 heterocycles. The lowest BCUT2D eigenvalue weighted by Crippen LogP contribution is -2.36. The Labute approximate surface area is 170 Å². The number of rotatable bonds is 8. The highest BCUT2D eigenvalue weighted by Crippen LogP contribution is 2.40. The number of halogens is 1. The molecular formula is C20H26ClNO4S. The summed E-state index contributed by atoms with van der Waals surface area (Å²) in [5.41, 5.74) is 0.689. The van der Waals surface area contributed by atoms with Gasteiger partial charge in [0.15, 0.2) is 11.5 Å². The Kier molecular flexibility index (Phi) is 7.62. The second-order valence-electron chi connectivity index (χ2n) is 6.41. The molecular weight excluding hydrogens is 386 g/mol. The molecule has 2 atom stereocenters. The molecule has 1 aromatic rings. The molecule has 0 saturated carbocycles. The number of ether oxygens (including phenoxy) is 2. The molecule has 0 radical (unpaired) electrons. The zero-order valence-electron chi connectivity index (χ0n) is 16.4. The van der Waals surface area contributed by atoms with Crippen LogP contribution < -0.4 is 9.47 Å². The Morgan fingerprint density at radius 2 is 1.89 bits per heavy atom. The number of thioether (sulfide) groups is 1. The maximum absolute atomic E-state index is 12.6. The summed E-state index contributed by atoms with van der Waals surface area (Å²) in [6, 6.07) is 3.38. The standard InChI is InChI=1S/C20H26ClNO4S/c1-6-12(4)22-19(23)17(27-20(22)24)11-14-9-15(21)18(26-13(5)7-2)16(10-14)25-8-3/h9-13H,6-8H2,1-5H3/b17-11+/t12-,13+/m1/s1. The topological polar surface area (TPSA) is 55.8 Å². The van der Waals surface area contributed by atoms with Crippen molar-refractivity contribution in [2.45, 2.75) is 59.6 Å². The molecule has 1 saturated heterocycles. The van der Waals surface area contributed by atoms with Gasteiger partial charge in [-0.2, -0.15) is 0 Å². The van der Waals surface area contributed by atoms with Crippen LogP contribution in [0.1, 0.15) is 53.0 Å². The maximum atomic E-state index is 12.6. The lowest BCUT2D eigenvalue weighted by atomic mass is 10.1. The first kappa shape index (κ1) is 21.6. The van der Waals surface area contributed by atoms with Crippen LogP contribution in [-0.2, 0) is 4.79 Å². The van der Waals surface area contributed by atoms with Crippen molar-refractivity contribution >= 4 is 40.6 Å². The average Bonchev–Trinajstić information content (AvgIpc) is 2.90. The van der Waals surface area contributed by atoms with Crippen LogP contribution in [0.25, 0.3) is 6.08 Å². The zero-order valence-corrected chi connectivity index (χ0v) is 17.9. The van der Waals surface area contributed by atoms with E-state index in [4.69, 9.17) is 21.1 Å². The lowest BCUT2D eigenvalue weighted by molar-refractivity contribution is -0.124. The number of hydrogen-bond acceptors (Lipinski definition) is 5. The molecule has 1 fully saturated rings. The second-order valence-corrected chi connectivity index (χ2v) is 7.81. The van der Waals surface area contributed by atoms with E-state index in [0.29, 0.717) is 40.0 Å². The van der Waals surface area contributed by atoms with E-state index in [-0.39, 0.29) is 23.3 Å². The molecule has 148 valence electrons. The molecule has 1 aromatic carbocycles. The highest BCUT2D eigenvalue weighted by molar-refractivity contribution is 8.18. The van der Waals surface area contributed by atoms with Gasteiger partial charge >= 0.3 is 0 Å². The summed E-state index contributed by atoms with van der Waals surface area (Å²) in [5, 5.41) is 0.169. The zero-order chi connectivity index (χ0) is 20.1. The van der Waals surface area contributed by atoms with Gasteiger partial charge in [0.05, 0.1) is 22.6 Å². The van der Waals surface area contributed by atoms with Crippen molar-refractivity contribution in [3.05, 3.63) is 27.6 Å². The van der Waals surface area contributed by atoms with Gasteiger partial charge in [-0.15, -0.1) is 0 Å². The summed E-state index contributed by atoms with van der Waals surface area (Å²) in [6.07, 6.45) is 3.23. The van der Waals surface area contributed by atoms with E-state index >= 15 is 0 Å². The largest absolute Gasteiger partial charge is 0.490 e. The van der Waals surface area contributed by atoms with Crippen molar-refractivity contribution in [2.24, 2.45) is 0 Å². The fourth-order valence-electron chi connectivity index (χ4n) is 2.53. The van der Waals surface area contributed by atoms with Gasteiger partial charge in [0.1, 0.15) is 0 Å². The van der Waals surface area contributed by atoms with Gasteiger partial charge in [-0.05, 0) is 69.1 Å². The predicted octanol–water partition coefficient (Wildman–Crippen LogP) is 5.75. The molecule has 27 heavy (non-hydrogen) atoms. The molecule has 0 aromatic heterocycles. The van der Waals surface area contributed by atoms with Crippen LogP contribution in [0, 0.1) is 0 Å². The fourth-order valence-corrected chi connectivity index (χ4v) is 3.72. The van der Waals surface area contributed by atoms with Gasteiger partial charge in [0.2, 0.25) is 0 Å². The van der Waals surface area contributed by atoms with Gasteiger partial charge < -0.3 is 9.47 Å². The van der Waals surface area contributed by atoms with Gasteiger partial charge in [-0.25, -0.2) is 0 Å². The molecule has 0 N–H and O–H groups in total. The summed E-state index contributed by atoms with van der Waals surface area (Å²) in [4.78, 5) is 26.5. The van der Waals surface area contributed by atoms with E-state index in [9.17, 15) is 9.59 Å². The Balaban J connectivity index is 2.38. The van der Waals surface area contributed by atoms with Crippen LogP contribution in [-0.4, -0.2) is 34.8 Å². The molecule has 1 aliphatic rings. The van der Waals surface area contributed by atoms with E-state index < -0.39 is 0 Å². The summed E-state index contributed by atoms with van der Waals surface area (Å²) >= 11 is 7.37. The van der Waals surface area contributed by atoms with Crippen molar-refractivity contribution in [1.82, 2.24) is 4.90 Å². The van der Waals surface area contributed by atoms with Crippen molar-refractivity contribution in [1.29, 1.82) is 0 Å². The third kappa shape index (κ3) is 4.99. The average molecular weight is 412 g/mol. The van der Waals surface area contributed by atoms with Crippen molar-refractivity contribution < 1.29 is 19.1 Å². The van der Waals surface area contributed by atoms with E-state index in [0.717, 1.165) is 18.2 Å². The number of carbonyl (C=O) groups is 2. The predicted molar refractivity (Wildman–Crippen MR) is 111 cm³/mol. The Morgan fingerprint density at radius 3 is 2.48 bits per heavy atom. The molecule has 0 unspecified atom stereocenters. The van der Waals surface area contributed by atoms with Gasteiger partial charge in [-0.1, -0.05) is 25.4 Å². The number of nitrogens with zero attached hydrogens (tertiary/aromatic N) is 1. The Hall–Kier alpha value is -1.66. The SMILES string of the molecule is CCOc1cc(/C=C2/SC(=O)N([C@H](C)CC)C2=O)cc(Cl)c1O[C@@H](C)CC. The van der Waals surface area contributed by atoms with Crippen LogP contribution >= 0.6 is 23.4 Å². The van der Waals surface area contributed by atoms with E-state index in [2.05, 4.69) is 0 Å². The minimum atomic E-state index is -0.270. The number of imide groups is 1. The van der Waals surface area contributed by atoms with Crippen molar-refractivity contribution in [3.8, 4) is 11.5 Å². The quantitative estimate of drug-likeness (QED) is 0.509. The fraction of sp³-hybridized carbons (Fsp3) is 0.500. The number of amides is 2. The van der Waals surface area contributed by atoms with Gasteiger partial charge in [0.25, 0.3) is 11.1 Å². The first-order valence-corrected chi connectivity index (χ1v) is 10.4. The molecule has 7 heteroatoms. The van der Waals surface area contributed by atoms with E-state index in [1.807, 2.05) is 34.6 Å². The van der Waals surface area contributed by atoms with Crippen molar-refractivity contribution in [2.75, 3.05) is 6.61 Å². The monoisotopic (exact) mass is 411 g/mol. The molecule has 5 nitrogen and oxygen atoms in total. The molecule has 2 amide bonds. The summed E-state index contributed by atoms with van der Waals surface area (Å²) < 4.78 is 11.6. The maximum Gasteiger partial charge on any atom is 0.293 e. The minimum absolute atomic E-state index is 0.000382. The van der Waals surface area contributed by atoms with Crippen molar-refractivity contribution in [3.63, 3.8) is 0 Å². The molecule has 0 spiro atoms. The summed E-state index contributed by atoms with van der Waals surface area (Å²) in [6.45, 7) is 10.1. The van der Waals surface area contributed by atoms with E-state index in [1.54, 1.807) is 18.2 Å². The van der Waals surface area contributed by atoms with Crippen LogP contribution in [0.4, 0.5) is 4.79 Å². The third-order valence-corrected chi connectivity index (χ3v) is 5.54. The molecule has 0 bridgehead atoms. The smallest absolute Gasteiger partial charge is 0.293 e. The van der Waals surface area contributed by atoms with Gasteiger partial charge in [0, 0.05) is 6.04 Å². The van der Waals surface area contributed by atoms with Crippen LogP contribution in [0.15, 0.2) is 17.0 Å². The highest BCUT2D eigenvalue weighted by atomic mass is 35.5. The molecule has 1 aliphatic heterocycles. The number of benzene rings is 1. The van der Waals surface area contributed by atoms with Crippen LogP contribution in [0.2, 0.25) is 5.02 Å². The Morgan fingerprint density at radius 1 is 1.19 bits per heavy atom. The summed E-state index contributed by atoms with van der Waals surface area (Å²) in [5.74, 6) is 0.754. The Bertz CT molecular complexity index is 750. The molecule has 0 aliphatic carbocycles. The third-order valence-electron chi connectivity index (χ3n) is 4.38. The van der Waals surface area contributed by atoms with Crippen LogP contribution in [0.5, 0.6) is 11.5 Å². The number of carbonyl (C=O) groups excluding carboxylic acids is 2. The molecule has 2 rings (SSSR count). The lowest BCUT2D eigenvalue weighted by Gasteiger charge is -2.19. The number of hydrogen-bond donors (Lipinski definition) is 0. The minimum Gasteiger partial charge on any atom is -0.490 e. The second kappa shape index (κ2) is 9.51. The highest BCUT2D eigenvalue weighted by Gasteiger charge is 2.37. The van der Waals surface area contributed by atoms with Crippen LogP contribution in [0.3, 0.4) is 0 Å². The van der Waals surface area contributed by atoms with E-state index in [1.165, 1.54) is 4.90 Å². The summed E-state index contributed by atoms with van der Waals surface area (Å²) in [7, 11) is 0. The van der Waals surface area contributed by atoms with Gasteiger partial charge in [-0.3, -0.25) is 14.5 Å². The normalized spacial score (nSPS) is 18.1. The first-order chi connectivity index (χ1) is 12.8.